The van der Waals surface area contributed by atoms with Gasteiger partial charge in [-0.1, -0.05) is 12.1 Å². The van der Waals surface area contributed by atoms with Crippen molar-refractivity contribution in [1.82, 2.24) is 10.4 Å². The second-order valence-corrected chi connectivity index (χ2v) is 3.87. The molecule has 18 heavy (non-hydrogen) atoms. The molecule has 1 aliphatic heterocycles. The van der Waals surface area contributed by atoms with Gasteiger partial charge in [0.2, 0.25) is 0 Å². The van der Waals surface area contributed by atoms with E-state index < -0.39 is 23.8 Å². The van der Waals surface area contributed by atoms with Crippen molar-refractivity contribution >= 4 is 17.7 Å². The van der Waals surface area contributed by atoms with Gasteiger partial charge in [-0.05, 0) is 19.1 Å². The third-order valence-electron chi connectivity index (χ3n) is 2.79. The molecule has 2 rings (SSSR count). The number of fused-ring (bicyclic) bond motifs is 1. The minimum absolute atomic E-state index is 0.319. The Labute approximate surface area is 103 Å². The van der Waals surface area contributed by atoms with Crippen molar-refractivity contribution in [2.75, 3.05) is 7.11 Å². The summed E-state index contributed by atoms with van der Waals surface area (Å²) in [5.41, 5.74) is 2.74. The predicted octanol–water partition coefficient (Wildman–Crippen LogP) is 0.349. The number of nitrogens with one attached hydrogen (secondary N) is 1. The summed E-state index contributed by atoms with van der Waals surface area (Å²) in [5, 5.41) is 0. The molecule has 1 atom stereocenters. The molecule has 1 heterocycles. The lowest BCUT2D eigenvalue weighted by Gasteiger charge is -2.20. The number of nitrogens with zero attached hydrogens (tertiary/aromatic N) is 1. The Morgan fingerprint density at radius 3 is 2.17 bits per heavy atom. The van der Waals surface area contributed by atoms with Crippen LogP contribution in [0.4, 0.5) is 0 Å². The smallest absolute Gasteiger partial charge is 0.266 e. The predicted molar refractivity (Wildman–Crippen MR) is 61.6 cm³/mol. The van der Waals surface area contributed by atoms with Gasteiger partial charge in [-0.3, -0.25) is 24.1 Å². The van der Waals surface area contributed by atoms with Crippen molar-refractivity contribution in [3.8, 4) is 0 Å². The highest BCUT2D eigenvalue weighted by atomic mass is 16.6. The molecular weight excluding hydrogens is 236 g/mol. The van der Waals surface area contributed by atoms with Crippen LogP contribution in [0.25, 0.3) is 0 Å². The van der Waals surface area contributed by atoms with Crippen molar-refractivity contribution in [3.63, 3.8) is 0 Å². The Morgan fingerprint density at radius 1 is 1.22 bits per heavy atom. The number of hydrogen-bond acceptors (Lipinski definition) is 4. The zero-order chi connectivity index (χ0) is 13.3. The minimum Gasteiger partial charge on any atom is -0.277 e. The molecule has 94 valence electrons. The van der Waals surface area contributed by atoms with Gasteiger partial charge in [-0.2, -0.15) is 0 Å². The Balaban J connectivity index is 2.31. The molecule has 0 fully saturated rings. The topological polar surface area (TPSA) is 75.7 Å². The maximum Gasteiger partial charge on any atom is 0.266 e. The highest BCUT2D eigenvalue weighted by molar-refractivity contribution is 6.22. The standard InChI is InChI=1S/C12H12N2O4/c1-7(10(15)13-18-2)14-11(16)8-5-3-4-6-9(8)12(14)17/h3-7H,1-2H3,(H,13,15). The van der Waals surface area contributed by atoms with E-state index in [1.165, 1.54) is 14.0 Å². The highest BCUT2D eigenvalue weighted by Gasteiger charge is 2.40. The number of imide groups is 1. The van der Waals surface area contributed by atoms with E-state index >= 15 is 0 Å². The molecule has 1 aromatic rings. The van der Waals surface area contributed by atoms with E-state index in [2.05, 4.69) is 10.3 Å². The fourth-order valence-corrected chi connectivity index (χ4v) is 1.86. The molecule has 6 nitrogen and oxygen atoms in total. The van der Waals surface area contributed by atoms with E-state index in [-0.39, 0.29) is 0 Å². The number of benzene rings is 1. The first-order valence-electron chi connectivity index (χ1n) is 5.37. The van der Waals surface area contributed by atoms with Crippen LogP contribution in [0.3, 0.4) is 0 Å². The highest BCUT2D eigenvalue weighted by Crippen LogP contribution is 2.24. The van der Waals surface area contributed by atoms with E-state index in [0.29, 0.717) is 11.1 Å². The summed E-state index contributed by atoms with van der Waals surface area (Å²) in [5.74, 6) is -1.48. The van der Waals surface area contributed by atoms with Crippen LogP contribution in [0.1, 0.15) is 27.6 Å². The van der Waals surface area contributed by atoms with Crippen LogP contribution in [0, 0.1) is 0 Å². The van der Waals surface area contributed by atoms with Crippen LogP contribution in [-0.2, 0) is 9.63 Å². The summed E-state index contributed by atoms with van der Waals surface area (Å²) >= 11 is 0. The molecule has 1 aliphatic rings. The van der Waals surface area contributed by atoms with Gasteiger partial charge >= 0.3 is 0 Å². The molecule has 0 radical (unpaired) electrons. The van der Waals surface area contributed by atoms with Gasteiger partial charge in [0.15, 0.2) is 0 Å². The number of hydroxylamine groups is 1. The Kier molecular flexibility index (Phi) is 3.12. The molecule has 6 heteroatoms. The Morgan fingerprint density at radius 2 is 1.72 bits per heavy atom. The summed E-state index contributed by atoms with van der Waals surface area (Å²) in [6, 6.07) is 5.56. The lowest BCUT2D eigenvalue weighted by molar-refractivity contribution is -0.134. The third kappa shape index (κ3) is 1.76. The van der Waals surface area contributed by atoms with Crippen molar-refractivity contribution in [3.05, 3.63) is 35.4 Å². The van der Waals surface area contributed by atoms with Gasteiger partial charge in [0.25, 0.3) is 17.7 Å². The first kappa shape index (κ1) is 12.3. The van der Waals surface area contributed by atoms with E-state index in [0.717, 1.165) is 4.90 Å². The van der Waals surface area contributed by atoms with Crippen LogP contribution in [0.2, 0.25) is 0 Å². The number of rotatable bonds is 3. The summed E-state index contributed by atoms with van der Waals surface area (Å²) in [4.78, 5) is 41.1. The van der Waals surface area contributed by atoms with Crippen LogP contribution in [0.15, 0.2) is 24.3 Å². The number of hydrogen-bond donors (Lipinski definition) is 1. The normalized spacial score (nSPS) is 15.6. The Hall–Kier alpha value is -2.21. The van der Waals surface area contributed by atoms with E-state index in [4.69, 9.17) is 0 Å². The average molecular weight is 248 g/mol. The maximum atomic E-state index is 12.0. The summed E-state index contributed by atoms with van der Waals surface area (Å²) in [6.45, 7) is 1.47. The summed E-state index contributed by atoms with van der Waals surface area (Å²) in [7, 11) is 1.28. The van der Waals surface area contributed by atoms with E-state index in [9.17, 15) is 14.4 Å². The molecule has 0 saturated heterocycles. The SMILES string of the molecule is CONC(=O)C(C)N1C(=O)c2ccccc2C1=O. The van der Waals surface area contributed by atoms with Crippen LogP contribution in [-0.4, -0.2) is 35.8 Å². The lowest BCUT2D eigenvalue weighted by Crippen LogP contribution is -2.47. The zero-order valence-corrected chi connectivity index (χ0v) is 9.97. The molecule has 0 saturated carbocycles. The monoisotopic (exact) mass is 248 g/mol. The van der Waals surface area contributed by atoms with Crippen molar-refractivity contribution in [2.45, 2.75) is 13.0 Å². The number of carbonyl (C=O) groups is 3. The summed E-state index contributed by atoms with van der Waals surface area (Å²) < 4.78 is 0. The second kappa shape index (κ2) is 4.58. The Bertz CT molecular complexity index is 492. The van der Waals surface area contributed by atoms with Gasteiger partial charge in [-0.25, -0.2) is 5.48 Å². The van der Waals surface area contributed by atoms with Crippen molar-refractivity contribution < 1.29 is 19.2 Å². The molecular formula is C12H12N2O4. The largest absolute Gasteiger partial charge is 0.277 e. The first-order valence-corrected chi connectivity index (χ1v) is 5.37. The van der Waals surface area contributed by atoms with E-state index in [1.807, 2.05) is 0 Å². The molecule has 0 aliphatic carbocycles. The zero-order valence-electron chi connectivity index (χ0n) is 9.97. The second-order valence-electron chi connectivity index (χ2n) is 3.87. The van der Waals surface area contributed by atoms with Crippen molar-refractivity contribution in [2.24, 2.45) is 0 Å². The van der Waals surface area contributed by atoms with E-state index in [1.54, 1.807) is 24.3 Å². The molecule has 0 aromatic heterocycles. The number of amides is 3. The molecule has 0 bridgehead atoms. The lowest BCUT2D eigenvalue weighted by atomic mass is 10.1. The first-order chi connectivity index (χ1) is 8.57. The molecule has 1 N–H and O–H groups in total. The minimum atomic E-state index is -0.919. The van der Waals surface area contributed by atoms with Gasteiger partial charge in [0, 0.05) is 0 Å². The fraction of sp³-hybridized carbons (Fsp3) is 0.250. The van der Waals surface area contributed by atoms with Crippen molar-refractivity contribution in [1.29, 1.82) is 0 Å². The average Bonchev–Trinajstić information content (AvgIpc) is 2.62. The summed E-state index contributed by atoms with van der Waals surface area (Å²) in [6.07, 6.45) is 0. The van der Waals surface area contributed by atoms with Gasteiger partial charge in [-0.15, -0.1) is 0 Å². The fourth-order valence-electron chi connectivity index (χ4n) is 1.86. The van der Waals surface area contributed by atoms with Gasteiger partial charge < -0.3 is 0 Å². The molecule has 3 amide bonds. The molecule has 1 unspecified atom stereocenters. The molecule has 0 spiro atoms. The quantitative estimate of drug-likeness (QED) is 0.618. The van der Waals surface area contributed by atoms with Gasteiger partial charge in [0.05, 0.1) is 18.2 Å². The maximum absolute atomic E-state index is 12.0. The molecule has 1 aromatic carbocycles. The van der Waals surface area contributed by atoms with Crippen LogP contribution in [0.5, 0.6) is 0 Å². The third-order valence-corrected chi connectivity index (χ3v) is 2.79. The van der Waals surface area contributed by atoms with Crippen LogP contribution < -0.4 is 5.48 Å². The van der Waals surface area contributed by atoms with Crippen LogP contribution >= 0.6 is 0 Å². The van der Waals surface area contributed by atoms with Gasteiger partial charge in [0.1, 0.15) is 6.04 Å². The number of carbonyl (C=O) groups excluding carboxylic acids is 3.